The van der Waals surface area contributed by atoms with Crippen molar-refractivity contribution in [1.82, 2.24) is 0 Å². The van der Waals surface area contributed by atoms with E-state index in [1.54, 1.807) is 18.2 Å². The maximum atomic E-state index is 11.5. The van der Waals surface area contributed by atoms with Crippen LogP contribution < -0.4 is 10.6 Å². The Bertz CT molecular complexity index is 464. The van der Waals surface area contributed by atoms with Crippen molar-refractivity contribution in [3.63, 3.8) is 0 Å². The van der Waals surface area contributed by atoms with E-state index in [4.69, 9.17) is 20.3 Å². The Morgan fingerprint density at radius 3 is 3.11 bits per heavy atom. The molecule has 0 aliphatic carbocycles. The summed E-state index contributed by atoms with van der Waals surface area (Å²) in [5, 5.41) is 9.15. The number of nitrogens with two attached hydrogens (primary N) is 1. The van der Waals surface area contributed by atoms with Gasteiger partial charge in [-0.2, -0.15) is 0 Å². The van der Waals surface area contributed by atoms with Crippen LogP contribution in [0.2, 0.25) is 0 Å². The molecule has 1 heterocycles. The summed E-state index contributed by atoms with van der Waals surface area (Å²) in [7, 11) is 1.34. The normalized spacial score (nSPS) is 19.3. The van der Waals surface area contributed by atoms with E-state index in [0.717, 1.165) is 5.69 Å². The number of aliphatic hydroxyl groups excluding tert-OH is 1. The topological polar surface area (TPSA) is 85.0 Å². The van der Waals surface area contributed by atoms with E-state index in [0.29, 0.717) is 30.9 Å². The Kier molecular flexibility index (Phi) is 4.24. The number of carbonyl (C=O) groups excluding carboxylic acids is 1. The molecule has 1 fully saturated rings. The summed E-state index contributed by atoms with van der Waals surface area (Å²) in [6, 6.07) is 5.03. The first-order valence-corrected chi connectivity index (χ1v) is 6.11. The van der Waals surface area contributed by atoms with Crippen LogP contribution in [0, 0.1) is 0 Å². The Morgan fingerprint density at radius 2 is 2.42 bits per heavy atom. The number of nitrogen functional groups attached to an aromatic ring is 1. The highest BCUT2D eigenvalue weighted by atomic mass is 16.5. The zero-order valence-electron chi connectivity index (χ0n) is 10.8. The van der Waals surface area contributed by atoms with E-state index < -0.39 is 5.97 Å². The second kappa shape index (κ2) is 5.90. The highest BCUT2D eigenvalue weighted by molar-refractivity contribution is 5.92. The predicted octanol–water partition coefficient (Wildman–Crippen LogP) is 0.253. The monoisotopic (exact) mass is 266 g/mol. The molecule has 1 atom stereocenters. The third-order valence-electron chi connectivity index (χ3n) is 3.13. The van der Waals surface area contributed by atoms with Gasteiger partial charge in [0.15, 0.2) is 0 Å². The van der Waals surface area contributed by atoms with Crippen molar-refractivity contribution in [2.75, 3.05) is 44.0 Å². The summed E-state index contributed by atoms with van der Waals surface area (Å²) in [6.07, 6.45) is -0.227. The lowest BCUT2D eigenvalue weighted by molar-refractivity contribution is 0.00360. The molecule has 0 bridgehead atoms. The van der Waals surface area contributed by atoms with Crippen molar-refractivity contribution in [2.45, 2.75) is 6.10 Å². The van der Waals surface area contributed by atoms with E-state index in [1.165, 1.54) is 7.11 Å². The fourth-order valence-corrected chi connectivity index (χ4v) is 2.11. The van der Waals surface area contributed by atoms with Gasteiger partial charge in [0.05, 0.1) is 43.4 Å². The Labute approximate surface area is 111 Å². The molecule has 0 radical (unpaired) electrons. The van der Waals surface area contributed by atoms with Crippen molar-refractivity contribution < 1.29 is 19.4 Å². The molecule has 1 saturated heterocycles. The number of ether oxygens (including phenoxy) is 2. The van der Waals surface area contributed by atoms with Crippen molar-refractivity contribution in [3.8, 4) is 0 Å². The third-order valence-corrected chi connectivity index (χ3v) is 3.13. The zero-order chi connectivity index (χ0) is 13.8. The maximum absolute atomic E-state index is 11.5. The number of carbonyl (C=O) groups is 1. The minimum Gasteiger partial charge on any atom is -0.465 e. The summed E-state index contributed by atoms with van der Waals surface area (Å²) in [4.78, 5) is 13.5. The van der Waals surface area contributed by atoms with Gasteiger partial charge in [-0.15, -0.1) is 0 Å². The van der Waals surface area contributed by atoms with Crippen molar-refractivity contribution in [3.05, 3.63) is 23.8 Å². The number of esters is 1. The van der Waals surface area contributed by atoms with Crippen LogP contribution in [0.1, 0.15) is 10.4 Å². The van der Waals surface area contributed by atoms with Gasteiger partial charge in [-0.3, -0.25) is 0 Å². The molecule has 0 saturated carbocycles. The van der Waals surface area contributed by atoms with Crippen LogP contribution in [0.3, 0.4) is 0 Å². The Hall–Kier alpha value is -1.79. The maximum Gasteiger partial charge on any atom is 0.337 e. The molecule has 6 nitrogen and oxygen atoms in total. The number of nitrogens with zero attached hydrogens (tertiary/aromatic N) is 1. The molecule has 104 valence electrons. The quantitative estimate of drug-likeness (QED) is 0.602. The fraction of sp³-hybridized carbons (Fsp3) is 0.462. The van der Waals surface area contributed by atoms with Crippen LogP contribution in [-0.2, 0) is 9.47 Å². The average Bonchev–Trinajstić information content (AvgIpc) is 2.47. The van der Waals surface area contributed by atoms with Crippen LogP contribution in [0.5, 0.6) is 0 Å². The van der Waals surface area contributed by atoms with Crippen LogP contribution >= 0.6 is 0 Å². The number of anilines is 2. The Balaban J connectivity index is 2.25. The van der Waals surface area contributed by atoms with Gasteiger partial charge in [-0.25, -0.2) is 4.79 Å². The molecule has 1 unspecified atom stereocenters. The minimum atomic E-state index is -0.395. The van der Waals surface area contributed by atoms with Crippen LogP contribution in [0.4, 0.5) is 11.4 Å². The lowest BCUT2D eigenvalue weighted by Gasteiger charge is -2.34. The van der Waals surface area contributed by atoms with Gasteiger partial charge in [-0.05, 0) is 18.2 Å². The highest BCUT2D eigenvalue weighted by Gasteiger charge is 2.22. The van der Waals surface area contributed by atoms with Gasteiger partial charge in [0.1, 0.15) is 0 Å². The largest absolute Gasteiger partial charge is 0.465 e. The van der Waals surface area contributed by atoms with E-state index in [2.05, 4.69) is 0 Å². The van der Waals surface area contributed by atoms with Gasteiger partial charge >= 0.3 is 5.97 Å². The zero-order valence-corrected chi connectivity index (χ0v) is 10.8. The molecule has 1 aromatic rings. The van der Waals surface area contributed by atoms with E-state index in [1.807, 2.05) is 4.90 Å². The van der Waals surface area contributed by atoms with Crippen LogP contribution in [0.25, 0.3) is 0 Å². The lowest BCUT2D eigenvalue weighted by Crippen LogP contribution is -2.44. The lowest BCUT2D eigenvalue weighted by atomic mass is 10.1. The molecule has 0 aromatic heterocycles. The van der Waals surface area contributed by atoms with E-state index >= 15 is 0 Å². The second-order valence-electron chi connectivity index (χ2n) is 4.39. The highest BCUT2D eigenvalue weighted by Crippen LogP contribution is 2.26. The van der Waals surface area contributed by atoms with Crippen molar-refractivity contribution in [2.24, 2.45) is 0 Å². The third kappa shape index (κ3) is 2.97. The summed E-state index contributed by atoms with van der Waals surface area (Å²) >= 11 is 0. The standard InChI is InChI=1S/C13H18N2O4/c1-18-13(17)9-2-3-11(14)12(6-9)15-4-5-19-10(7-15)8-16/h2-3,6,10,16H,4-5,7-8,14H2,1H3. The van der Waals surface area contributed by atoms with Gasteiger partial charge in [0, 0.05) is 13.1 Å². The summed E-state index contributed by atoms with van der Waals surface area (Å²) < 4.78 is 10.1. The molecular formula is C13H18N2O4. The molecular weight excluding hydrogens is 248 g/mol. The van der Waals surface area contributed by atoms with Crippen LogP contribution in [0.15, 0.2) is 18.2 Å². The number of methoxy groups -OCH3 is 1. The molecule has 3 N–H and O–H groups in total. The first-order valence-electron chi connectivity index (χ1n) is 6.11. The molecule has 1 aliphatic rings. The summed E-state index contributed by atoms with van der Waals surface area (Å²) in [6.45, 7) is 1.71. The van der Waals surface area contributed by atoms with Crippen molar-refractivity contribution >= 4 is 17.3 Å². The van der Waals surface area contributed by atoms with Gasteiger partial charge < -0.3 is 25.2 Å². The van der Waals surface area contributed by atoms with Gasteiger partial charge in [-0.1, -0.05) is 0 Å². The molecule has 0 spiro atoms. The average molecular weight is 266 g/mol. The van der Waals surface area contributed by atoms with Gasteiger partial charge in [0.25, 0.3) is 0 Å². The first-order chi connectivity index (χ1) is 9.15. The minimum absolute atomic E-state index is 0.0346. The second-order valence-corrected chi connectivity index (χ2v) is 4.39. The van der Waals surface area contributed by atoms with E-state index in [-0.39, 0.29) is 12.7 Å². The van der Waals surface area contributed by atoms with Crippen LogP contribution in [-0.4, -0.2) is 50.6 Å². The molecule has 1 aliphatic heterocycles. The first kappa shape index (κ1) is 13.6. The fourth-order valence-electron chi connectivity index (χ4n) is 2.11. The Morgan fingerprint density at radius 1 is 1.63 bits per heavy atom. The number of aliphatic hydroxyl groups is 1. The smallest absolute Gasteiger partial charge is 0.337 e. The summed E-state index contributed by atoms with van der Waals surface area (Å²) in [5.74, 6) is -0.395. The molecule has 6 heteroatoms. The van der Waals surface area contributed by atoms with Gasteiger partial charge in [0.2, 0.25) is 0 Å². The molecule has 19 heavy (non-hydrogen) atoms. The molecule has 2 rings (SSSR count). The van der Waals surface area contributed by atoms with E-state index in [9.17, 15) is 4.79 Å². The predicted molar refractivity (Wildman–Crippen MR) is 71.2 cm³/mol. The number of benzene rings is 1. The molecule has 1 aromatic carbocycles. The number of hydrogen-bond acceptors (Lipinski definition) is 6. The number of morpholine rings is 1. The SMILES string of the molecule is COC(=O)c1ccc(N)c(N2CCOC(CO)C2)c1. The summed E-state index contributed by atoms with van der Waals surface area (Å²) in [5.41, 5.74) is 7.77. The number of hydrogen-bond donors (Lipinski definition) is 2. The number of rotatable bonds is 3. The van der Waals surface area contributed by atoms with Crippen molar-refractivity contribution in [1.29, 1.82) is 0 Å². The molecule has 0 amide bonds.